The number of nitrogens with one attached hydrogen (secondary N) is 8. The lowest BCUT2D eigenvalue weighted by Gasteiger charge is -2.20. The van der Waals surface area contributed by atoms with E-state index >= 15 is 0 Å². The van der Waals surface area contributed by atoms with Gasteiger partial charge in [0.1, 0.15) is 0 Å². The molecule has 2 atom stereocenters. The van der Waals surface area contributed by atoms with Crippen molar-refractivity contribution < 1.29 is 47.0 Å². The zero-order chi connectivity index (χ0) is 45.8. The summed E-state index contributed by atoms with van der Waals surface area (Å²) >= 11 is 11.8. The molecule has 0 aliphatic heterocycles. The van der Waals surface area contributed by atoms with E-state index in [1.165, 1.54) is 0 Å². The second kappa shape index (κ2) is 25.2. The van der Waals surface area contributed by atoms with Crippen molar-refractivity contribution >= 4 is 70.5 Å². The molecule has 2 aliphatic rings. The number of furan rings is 2. The van der Waals surface area contributed by atoms with Gasteiger partial charge in [-0.1, -0.05) is 51.4 Å². The van der Waals surface area contributed by atoms with Crippen molar-refractivity contribution in [3.05, 3.63) is 70.5 Å². The van der Waals surface area contributed by atoms with Gasteiger partial charge in [0.15, 0.2) is 23.3 Å². The van der Waals surface area contributed by atoms with Crippen LogP contribution < -0.4 is 43.0 Å². The van der Waals surface area contributed by atoms with Gasteiger partial charge >= 0.3 is 12.2 Å². The third kappa shape index (κ3) is 16.2. The predicted octanol–water partition coefficient (Wildman–Crippen LogP) is 6.85. The zero-order valence-electron chi connectivity index (χ0n) is 34.7. The van der Waals surface area contributed by atoms with Crippen molar-refractivity contribution in [3.8, 4) is 0 Å². The second-order valence-corrected chi connectivity index (χ2v) is 16.1. The number of halogens is 4. The zero-order valence-corrected chi connectivity index (χ0v) is 36.2. The molecule has 0 radical (unpaired) electrons. The average Bonchev–Trinajstić information content (AvgIpc) is 4.12. The third-order valence-corrected chi connectivity index (χ3v) is 11.1. The van der Waals surface area contributed by atoms with E-state index in [0.29, 0.717) is 50.6 Å². The highest BCUT2D eigenvalue weighted by Crippen LogP contribution is 2.32. The molecule has 64 heavy (non-hydrogen) atoms. The lowest BCUT2D eigenvalue weighted by atomic mass is 9.92. The second-order valence-electron chi connectivity index (χ2n) is 15.4. The summed E-state index contributed by atoms with van der Waals surface area (Å²) in [7, 11) is 0. The first-order valence-corrected chi connectivity index (χ1v) is 21.6. The molecule has 2 aliphatic carbocycles. The van der Waals surface area contributed by atoms with Gasteiger partial charge in [0.25, 0.3) is 0 Å². The van der Waals surface area contributed by atoms with Gasteiger partial charge in [0.05, 0.1) is 36.9 Å². The first kappa shape index (κ1) is 48.9. The van der Waals surface area contributed by atoms with Crippen LogP contribution in [0.4, 0.5) is 41.6 Å². The summed E-state index contributed by atoms with van der Waals surface area (Å²) in [6.07, 6.45) is 14.6. The van der Waals surface area contributed by atoms with Crippen molar-refractivity contribution in [2.75, 3.05) is 47.7 Å². The maximum atomic E-state index is 14.8. The molecular formula is C40H52Cl2F2N12O8. The number of rotatable bonds is 22. The van der Waals surface area contributed by atoms with Crippen molar-refractivity contribution in [1.82, 2.24) is 41.4 Å². The predicted molar refractivity (Wildman–Crippen MR) is 232 cm³/mol. The van der Waals surface area contributed by atoms with Gasteiger partial charge in [-0.25, -0.2) is 9.59 Å². The van der Waals surface area contributed by atoms with Crippen molar-refractivity contribution in [2.24, 2.45) is 23.7 Å². The van der Waals surface area contributed by atoms with Crippen molar-refractivity contribution in [3.63, 3.8) is 0 Å². The van der Waals surface area contributed by atoms with Crippen molar-refractivity contribution in [1.29, 1.82) is 0 Å². The molecule has 0 aromatic carbocycles. The SMILES string of the molecule is O=C(O)NC[C@@H](CC1CCCC1)C(=O)NNc1nc(Cl)nc(NCCc2ccoc2)c1F.O=C(O)NC[C@@H](CC1CCCC1)C(=O)NNc1nc(Cl)nc(NCCc2ccoc2)c1F. The summed E-state index contributed by atoms with van der Waals surface area (Å²) in [5.41, 5.74) is 11.6. The van der Waals surface area contributed by atoms with Crippen LogP contribution in [-0.4, -0.2) is 80.3 Å². The number of nitrogens with zero attached hydrogens (tertiary/aromatic N) is 4. The Kier molecular flexibility index (Phi) is 19.3. The average molecular weight is 938 g/mol. The Hall–Kier alpha value is -6.16. The topological polar surface area (TPSA) is 283 Å². The van der Waals surface area contributed by atoms with E-state index in [0.717, 1.165) is 62.5 Å². The van der Waals surface area contributed by atoms with Crippen molar-refractivity contribution in [2.45, 2.75) is 77.0 Å². The molecule has 4 heterocycles. The van der Waals surface area contributed by atoms with E-state index < -0.39 is 47.5 Å². The van der Waals surface area contributed by atoms with Crippen LogP contribution in [0.15, 0.2) is 46.0 Å². The molecule has 2 saturated carbocycles. The largest absolute Gasteiger partial charge is 0.472 e. The Balaban J connectivity index is 0.000000241. The molecule has 0 bridgehead atoms. The number of carbonyl (C=O) groups is 4. The van der Waals surface area contributed by atoms with E-state index in [4.69, 9.17) is 42.2 Å². The van der Waals surface area contributed by atoms with Crippen LogP contribution in [-0.2, 0) is 22.4 Å². The summed E-state index contributed by atoms with van der Waals surface area (Å²) in [6.45, 7) is 0.681. The fourth-order valence-corrected chi connectivity index (χ4v) is 7.83. The number of anilines is 4. The molecule has 348 valence electrons. The molecule has 10 N–H and O–H groups in total. The molecule has 20 nitrogen and oxygen atoms in total. The van der Waals surface area contributed by atoms with Crippen LogP contribution in [0.2, 0.25) is 10.6 Å². The molecular weight excluding hydrogens is 885 g/mol. The van der Waals surface area contributed by atoms with E-state index in [-0.39, 0.29) is 46.9 Å². The molecule has 2 fully saturated rings. The highest BCUT2D eigenvalue weighted by Gasteiger charge is 2.28. The lowest BCUT2D eigenvalue weighted by molar-refractivity contribution is -0.125. The smallest absolute Gasteiger partial charge is 0.404 e. The number of hydrazine groups is 2. The Morgan fingerprint density at radius 1 is 0.641 bits per heavy atom. The highest BCUT2D eigenvalue weighted by molar-refractivity contribution is 6.28. The molecule has 4 aromatic rings. The highest BCUT2D eigenvalue weighted by atomic mass is 35.5. The Morgan fingerprint density at radius 3 is 1.36 bits per heavy atom. The van der Waals surface area contributed by atoms with Crippen LogP contribution in [0.25, 0.3) is 0 Å². The van der Waals surface area contributed by atoms with E-state index in [2.05, 4.69) is 62.9 Å². The van der Waals surface area contributed by atoms with Crippen LogP contribution >= 0.6 is 23.2 Å². The molecule has 0 spiro atoms. The van der Waals surface area contributed by atoms with Gasteiger partial charge in [0, 0.05) is 26.2 Å². The first-order valence-electron chi connectivity index (χ1n) is 20.9. The fraction of sp³-hybridized carbons (Fsp3) is 0.500. The Labute approximate surface area is 376 Å². The number of hydrogen-bond donors (Lipinski definition) is 10. The van der Waals surface area contributed by atoms with Crippen LogP contribution in [0.1, 0.15) is 75.3 Å². The minimum atomic E-state index is -1.21. The number of carbonyl (C=O) groups excluding carboxylic acids is 2. The van der Waals surface area contributed by atoms with Gasteiger partial charge in [-0.3, -0.25) is 31.3 Å². The first-order chi connectivity index (χ1) is 30.8. The summed E-state index contributed by atoms with van der Waals surface area (Å²) in [5, 5.41) is 27.6. The minimum Gasteiger partial charge on any atom is -0.472 e. The number of carboxylic acid groups (broad SMARTS) is 2. The minimum absolute atomic E-state index is 0.0345. The molecule has 4 amide bonds. The Bertz CT molecular complexity index is 1960. The molecule has 6 rings (SSSR count). The van der Waals surface area contributed by atoms with Crippen LogP contribution in [0.3, 0.4) is 0 Å². The third-order valence-electron chi connectivity index (χ3n) is 10.8. The van der Waals surface area contributed by atoms with Gasteiger partial charge in [-0.2, -0.15) is 28.7 Å². The molecule has 4 aromatic heterocycles. The van der Waals surface area contributed by atoms with Crippen LogP contribution in [0.5, 0.6) is 0 Å². The van der Waals surface area contributed by atoms with Gasteiger partial charge in [0.2, 0.25) is 34.0 Å². The number of hydrogen-bond acceptors (Lipinski definition) is 14. The standard InChI is InChI=1S/2C20H26ClFN6O4/c2*21-19-25-16(23-7-5-13-6-8-32-11-13)15(22)17(26-19)27-28-18(29)14(10-24-20(30)31)9-12-3-1-2-4-12/h2*6,8,11-12,14,24H,1-5,7,9-10H2,(H,28,29)(H,30,31)(H2,23,25,26,27)/t2*14-/m11/s1. The summed E-state index contributed by atoms with van der Waals surface area (Å²) in [5.74, 6) is -3.84. The van der Waals surface area contributed by atoms with E-state index in [1.54, 1.807) is 37.2 Å². The normalized spacial score (nSPS) is 14.7. The quantitative estimate of drug-likeness (QED) is 0.0285. The maximum absolute atomic E-state index is 14.8. The molecule has 0 unspecified atom stereocenters. The van der Waals surface area contributed by atoms with E-state index in [1.807, 2.05) is 0 Å². The van der Waals surface area contributed by atoms with Crippen LogP contribution in [0, 0.1) is 35.3 Å². The summed E-state index contributed by atoms with van der Waals surface area (Å²) < 4.78 is 39.5. The fourth-order valence-electron chi connectivity index (χ4n) is 7.49. The lowest BCUT2D eigenvalue weighted by Crippen LogP contribution is -2.41. The monoisotopic (exact) mass is 936 g/mol. The summed E-state index contributed by atoms with van der Waals surface area (Å²) in [4.78, 5) is 62.4. The molecule has 0 saturated heterocycles. The summed E-state index contributed by atoms with van der Waals surface area (Å²) in [6, 6.07) is 3.60. The van der Waals surface area contributed by atoms with Gasteiger partial charge in [-0.05, 0) is 84.0 Å². The van der Waals surface area contributed by atoms with E-state index in [9.17, 15) is 28.0 Å². The Morgan fingerprint density at radius 2 is 1.02 bits per heavy atom. The maximum Gasteiger partial charge on any atom is 0.404 e. The van der Waals surface area contributed by atoms with Gasteiger partial charge < -0.3 is 40.3 Å². The molecule has 24 heteroatoms. The number of amides is 4. The number of aromatic nitrogens is 4. The van der Waals surface area contributed by atoms with Gasteiger partial charge in [-0.15, -0.1) is 0 Å².